The van der Waals surface area contributed by atoms with Gasteiger partial charge in [0.25, 0.3) is 0 Å². The van der Waals surface area contributed by atoms with Crippen molar-refractivity contribution in [1.29, 1.82) is 0 Å². The van der Waals surface area contributed by atoms with Crippen molar-refractivity contribution in [2.75, 3.05) is 19.9 Å². The van der Waals surface area contributed by atoms with Gasteiger partial charge >= 0.3 is 13.6 Å². The zero-order chi connectivity index (χ0) is 12.1. The number of rotatable bonds is 6. The molecule has 0 aliphatic heterocycles. The molecule has 0 heterocycles. The minimum absolute atomic E-state index is 0.289. The highest BCUT2D eigenvalue weighted by molar-refractivity contribution is 7.53. The lowest BCUT2D eigenvalue weighted by Crippen LogP contribution is -2.31. The molecule has 15 heavy (non-hydrogen) atoms. The average Bonchev–Trinajstić information content (AvgIpc) is 1.98. The lowest BCUT2D eigenvalue weighted by Gasteiger charge is -2.18. The highest BCUT2D eigenvalue weighted by atomic mass is 31.2. The zero-order valence-corrected chi connectivity index (χ0v) is 11.8. The molecule has 0 bridgehead atoms. The maximum absolute atomic E-state index is 11.4. The molecule has 90 valence electrons. The van der Waals surface area contributed by atoms with E-state index in [1.54, 1.807) is 6.92 Å². The molecule has 0 aromatic rings. The van der Waals surface area contributed by atoms with Gasteiger partial charge in [0, 0.05) is 6.66 Å². The summed E-state index contributed by atoms with van der Waals surface area (Å²) in [6.07, 6.45) is 0. The van der Waals surface area contributed by atoms with Crippen molar-refractivity contribution in [1.82, 2.24) is 0 Å². The summed E-state index contributed by atoms with van der Waals surface area (Å²) in [6, 6.07) is 0. The molecule has 1 atom stereocenters. The van der Waals surface area contributed by atoms with E-state index in [1.807, 2.05) is 19.6 Å². The maximum atomic E-state index is 11.4. The molecule has 0 aromatic heterocycles. The van der Waals surface area contributed by atoms with Gasteiger partial charge in [0.15, 0.2) is 6.61 Å². The molecule has 0 N–H and O–H groups in total. The van der Waals surface area contributed by atoms with Gasteiger partial charge in [-0.2, -0.15) is 0 Å². The summed E-state index contributed by atoms with van der Waals surface area (Å²) in [7, 11) is -4.99. The molecule has 0 rings (SSSR count). The van der Waals surface area contributed by atoms with E-state index < -0.39 is 21.9 Å². The van der Waals surface area contributed by atoms with Crippen LogP contribution >= 0.6 is 7.60 Å². The second-order valence-electron chi connectivity index (χ2n) is 4.05. The van der Waals surface area contributed by atoms with E-state index in [9.17, 15) is 9.36 Å². The highest BCUT2D eigenvalue weighted by Crippen LogP contribution is 2.43. The predicted molar refractivity (Wildman–Crippen MR) is 60.5 cm³/mol. The number of carbonyl (C=O) groups excluding carboxylic acids is 1. The van der Waals surface area contributed by atoms with Crippen LogP contribution in [0.3, 0.4) is 0 Å². The van der Waals surface area contributed by atoms with Crippen molar-refractivity contribution in [3.05, 3.63) is 0 Å². The standard InChI is InChI=1S/C8H19O5PSi/c1-6-11-14(2,10)12-7-8(9)13-15(3,4)5/h6-7H2,1-5H3. The molecule has 0 aliphatic rings. The number of hydrogen-bond donors (Lipinski definition) is 0. The smallest absolute Gasteiger partial charge is 0.328 e. The van der Waals surface area contributed by atoms with Gasteiger partial charge in [0.05, 0.1) is 6.61 Å². The molecule has 0 aromatic carbocycles. The summed E-state index contributed by atoms with van der Waals surface area (Å²) in [5.41, 5.74) is 0. The van der Waals surface area contributed by atoms with Crippen molar-refractivity contribution in [3.63, 3.8) is 0 Å². The fourth-order valence-electron chi connectivity index (χ4n) is 0.813. The van der Waals surface area contributed by atoms with E-state index >= 15 is 0 Å². The minimum Gasteiger partial charge on any atom is -0.518 e. The summed E-state index contributed by atoms with van der Waals surface area (Å²) in [5.74, 6) is -0.490. The van der Waals surface area contributed by atoms with E-state index in [4.69, 9.17) is 13.5 Å². The Hall–Kier alpha value is -0.163. The minimum atomic E-state index is -3.10. The van der Waals surface area contributed by atoms with Gasteiger partial charge in [-0.3, -0.25) is 13.9 Å². The van der Waals surface area contributed by atoms with E-state index in [0.29, 0.717) is 0 Å². The van der Waals surface area contributed by atoms with Crippen molar-refractivity contribution < 1.29 is 22.8 Å². The first-order valence-electron chi connectivity index (χ1n) is 4.75. The van der Waals surface area contributed by atoms with Crippen LogP contribution in [0.1, 0.15) is 6.92 Å². The van der Waals surface area contributed by atoms with Crippen LogP contribution in [0.2, 0.25) is 19.6 Å². The summed E-state index contributed by atoms with van der Waals surface area (Å²) in [4.78, 5) is 11.2. The highest BCUT2D eigenvalue weighted by Gasteiger charge is 2.23. The molecular weight excluding hydrogens is 235 g/mol. The normalized spacial score (nSPS) is 15.8. The van der Waals surface area contributed by atoms with Gasteiger partial charge in [0.2, 0.25) is 8.32 Å². The van der Waals surface area contributed by atoms with Crippen molar-refractivity contribution in [2.45, 2.75) is 26.6 Å². The molecular formula is C8H19O5PSi. The first-order chi connectivity index (χ1) is 6.66. The Kier molecular flexibility index (Phi) is 5.73. The number of carbonyl (C=O) groups is 1. The lowest BCUT2D eigenvalue weighted by molar-refractivity contribution is -0.137. The van der Waals surface area contributed by atoms with Crippen LogP contribution in [0.25, 0.3) is 0 Å². The van der Waals surface area contributed by atoms with Gasteiger partial charge in [0.1, 0.15) is 0 Å². The van der Waals surface area contributed by atoms with Gasteiger partial charge in [-0.1, -0.05) is 0 Å². The van der Waals surface area contributed by atoms with Crippen LogP contribution in [0.4, 0.5) is 0 Å². The van der Waals surface area contributed by atoms with Crippen LogP contribution < -0.4 is 0 Å². The van der Waals surface area contributed by atoms with Gasteiger partial charge in [-0.05, 0) is 26.6 Å². The summed E-state index contributed by atoms with van der Waals surface area (Å²) in [6.45, 7) is 8.67. The van der Waals surface area contributed by atoms with Crippen molar-refractivity contribution in [2.24, 2.45) is 0 Å². The third kappa shape index (κ3) is 8.81. The molecule has 0 saturated heterocycles. The Morgan fingerprint density at radius 3 is 2.20 bits per heavy atom. The molecule has 5 nitrogen and oxygen atoms in total. The van der Waals surface area contributed by atoms with E-state index in [2.05, 4.69) is 0 Å². The summed E-state index contributed by atoms with van der Waals surface area (Å²) in [5, 5.41) is 0. The van der Waals surface area contributed by atoms with Gasteiger partial charge in [-0.25, -0.2) is 0 Å². The topological polar surface area (TPSA) is 61.8 Å². The fourth-order valence-corrected chi connectivity index (χ4v) is 2.44. The van der Waals surface area contributed by atoms with E-state index in [0.717, 1.165) is 0 Å². The second kappa shape index (κ2) is 5.79. The molecule has 0 amide bonds. The Bertz CT molecular complexity index is 260. The molecule has 1 unspecified atom stereocenters. The predicted octanol–water partition coefficient (Wildman–Crippen LogP) is 2.24. The largest absolute Gasteiger partial charge is 0.518 e. The third-order valence-electron chi connectivity index (χ3n) is 1.20. The molecule has 7 heteroatoms. The quantitative estimate of drug-likeness (QED) is 0.537. The lowest BCUT2D eigenvalue weighted by atomic mass is 10.8. The van der Waals surface area contributed by atoms with Crippen molar-refractivity contribution in [3.8, 4) is 0 Å². The Labute approximate surface area is 91.8 Å². The van der Waals surface area contributed by atoms with Crippen LogP contribution in [0.15, 0.2) is 0 Å². The van der Waals surface area contributed by atoms with Crippen LogP contribution in [-0.2, 0) is 22.8 Å². The number of hydrogen-bond acceptors (Lipinski definition) is 5. The first-order valence-corrected chi connectivity index (χ1v) is 10.1. The van der Waals surface area contributed by atoms with Crippen LogP contribution in [0, 0.1) is 0 Å². The second-order valence-corrected chi connectivity index (χ2v) is 10.5. The van der Waals surface area contributed by atoms with E-state index in [-0.39, 0.29) is 13.2 Å². The Morgan fingerprint density at radius 2 is 1.80 bits per heavy atom. The zero-order valence-electron chi connectivity index (χ0n) is 9.90. The first kappa shape index (κ1) is 14.8. The maximum Gasteiger partial charge on any atom is 0.328 e. The Morgan fingerprint density at radius 1 is 1.27 bits per heavy atom. The Balaban J connectivity index is 3.96. The fraction of sp³-hybridized carbons (Fsp3) is 0.875. The summed E-state index contributed by atoms with van der Waals surface area (Å²) < 4.78 is 26.3. The van der Waals surface area contributed by atoms with Crippen LogP contribution in [0.5, 0.6) is 0 Å². The van der Waals surface area contributed by atoms with Crippen LogP contribution in [-0.4, -0.2) is 34.2 Å². The van der Waals surface area contributed by atoms with Crippen molar-refractivity contribution >= 4 is 21.9 Å². The molecule has 0 aliphatic carbocycles. The molecule has 0 saturated carbocycles. The SMILES string of the molecule is CCOP(C)(=O)OCC(=O)O[Si](C)(C)C. The molecule has 0 radical (unpaired) electrons. The van der Waals surface area contributed by atoms with Gasteiger partial charge < -0.3 is 8.95 Å². The monoisotopic (exact) mass is 254 g/mol. The van der Waals surface area contributed by atoms with E-state index in [1.165, 1.54) is 6.66 Å². The molecule has 0 fully saturated rings. The van der Waals surface area contributed by atoms with Gasteiger partial charge in [-0.15, -0.1) is 0 Å². The average molecular weight is 254 g/mol. The third-order valence-corrected chi connectivity index (χ3v) is 3.37. The molecule has 0 spiro atoms. The summed E-state index contributed by atoms with van der Waals surface area (Å²) >= 11 is 0.